The maximum atomic E-state index is 13.5. The highest BCUT2D eigenvalue weighted by Crippen LogP contribution is 2.09. The lowest BCUT2D eigenvalue weighted by Crippen LogP contribution is -2.37. The molecule has 2 aromatic rings. The zero-order valence-corrected chi connectivity index (χ0v) is 15.5. The number of guanidine groups is 1. The van der Waals surface area contributed by atoms with E-state index in [1.165, 1.54) is 18.2 Å². The average Bonchev–Trinajstić information content (AvgIpc) is 2.54. The van der Waals surface area contributed by atoms with Crippen LogP contribution < -0.4 is 10.6 Å². The second-order valence-electron chi connectivity index (χ2n) is 4.97. The van der Waals surface area contributed by atoms with Crippen molar-refractivity contribution in [2.45, 2.75) is 13.0 Å². The average molecular weight is 449 g/mol. The molecule has 2 aromatic carbocycles. The van der Waals surface area contributed by atoms with Crippen molar-refractivity contribution in [3.05, 3.63) is 71.0 Å². The molecule has 0 atom stereocenters. The highest BCUT2D eigenvalue weighted by Gasteiger charge is 2.05. The smallest absolute Gasteiger partial charge is 0.191 e. The number of aliphatic imine (C=N–C) groups is 1. The van der Waals surface area contributed by atoms with E-state index in [-0.39, 0.29) is 29.8 Å². The molecule has 0 unspecified atom stereocenters. The first kappa shape index (κ1) is 20.3. The molecule has 0 heterocycles. The summed E-state index contributed by atoms with van der Waals surface area (Å²) >= 11 is 0. The molecule has 0 aromatic heterocycles. The normalized spacial score (nSPS) is 10.9. The van der Waals surface area contributed by atoms with Gasteiger partial charge in [-0.2, -0.15) is 0 Å². The summed E-state index contributed by atoms with van der Waals surface area (Å²) in [6.07, 6.45) is 0.324. The van der Waals surface area contributed by atoms with E-state index in [9.17, 15) is 13.2 Å². The van der Waals surface area contributed by atoms with Gasteiger partial charge in [-0.05, 0) is 47.9 Å². The lowest BCUT2D eigenvalue weighted by Gasteiger charge is -2.12. The minimum Gasteiger partial charge on any atom is -0.356 e. The van der Waals surface area contributed by atoms with E-state index in [0.29, 0.717) is 31.0 Å². The Morgan fingerprint density at radius 2 is 1.75 bits per heavy atom. The zero-order chi connectivity index (χ0) is 16.7. The van der Waals surface area contributed by atoms with Crippen LogP contribution >= 0.6 is 24.0 Å². The minimum atomic E-state index is -0.463. The Hall–Kier alpha value is -1.77. The molecular weight excluding hydrogens is 430 g/mol. The molecule has 0 aliphatic rings. The standard InChI is InChI=1S/C17H18F3N3.HI/c1-21-17(23-11-12-3-2-4-14(18)9-12)22-8-7-13-10-15(19)5-6-16(13)20;/h2-6,9-10H,7-8,11H2,1H3,(H2,21,22,23);1H. The lowest BCUT2D eigenvalue weighted by molar-refractivity contribution is 0.583. The van der Waals surface area contributed by atoms with Crippen LogP contribution in [0.25, 0.3) is 0 Å². The lowest BCUT2D eigenvalue weighted by atomic mass is 10.1. The molecule has 7 heteroatoms. The van der Waals surface area contributed by atoms with Gasteiger partial charge in [0, 0.05) is 20.1 Å². The quantitative estimate of drug-likeness (QED) is 0.416. The van der Waals surface area contributed by atoms with Gasteiger partial charge in [-0.15, -0.1) is 24.0 Å². The predicted octanol–water partition coefficient (Wildman–Crippen LogP) is 3.63. The highest BCUT2D eigenvalue weighted by atomic mass is 127. The second-order valence-corrected chi connectivity index (χ2v) is 4.97. The van der Waals surface area contributed by atoms with Gasteiger partial charge < -0.3 is 10.6 Å². The first-order valence-corrected chi connectivity index (χ1v) is 7.21. The van der Waals surface area contributed by atoms with E-state index in [2.05, 4.69) is 15.6 Å². The fourth-order valence-electron chi connectivity index (χ4n) is 2.10. The van der Waals surface area contributed by atoms with Crippen molar-refractivity contribution in [3.8, 4) is 0 Å². The molecule has 2 rings (SSSR count). The zero-order valence-electron chi connectivity index (χ0n) is 13.2. The number of nitrogens with one attached hydrogen (secondary N) is 2. The Balaban J connectivity index is 0.00000288. The number of benzene rings is 2. The summed E-state index contributed by atoms with van der Waals surface area (Å²) in [6, 6.07) is 9.63. The van der Waals surface area contributed by atoms with Gasteiger partial charge in [-0.1, -0.05) is 12.1 Å². The maximum Gasteiger partial charge on any atom is 0.191 e. The maximum absolute atomic E-state index is 13.5. The molecule has 0 amide bonds. The molecule has 0 radical (unpaired) electrons. The molecule has 24 heavy (non-hydrogen) atoms. The van der Waals surface area contributed by atoms with E-state index in [4.69, 9.17) is 0 Å². The fraction of sp³-hybridized carbons (Fsp3) is 0.235. The van der Waals surface area contributed by atoms with Crippen LogP contribution in [0.1, 0.15) is 11.1 Å². The van der Waals surface area contributed by atoms with Gasteiger partial charge in [-0.3, -0.25) is 4.99 Å². The SMILES string of the molecule is CN=C(NCCc1cc(F)ccc1F)NCc1cccc(F)c1.I. The second kappa shape index (κ2) is 10.2. The van der Waals surface area contributed by atoms with E-state index in [1.54, 1.807) is 19.2 Å². The van der Waals surface area contributed by atoms with Crippen LogP contribution in [0.15, 0.2) is 47.5 Å². The van der Waals surface area contributed by atoms with Crippen molar-refractivity contribution < 1.29 is 13.2 Å². The molecule has 0 aliphatic heterocycles. The topological polar surface area (TPSA) is 36.4 Å². The number of halogens is 4. The Morgan fingerprint density at radius 3 is 2.46 bits per heavy atom. The van der Waals surface area contributed by atoms with Crippen molar-refractivity contribution in [3.63, 3.8) is 0 Å². The molecule has 0 spiro atoms. The van der Waals surface area contributed by atoms with Crippen molar-refractivity contribution in [1.82, 2.24) is 10.6 Å². The van der Waals surface area contributed by atoms with Crippen LogP contribution in [-0.4, -0.2) is 19.6 Å². The third kappa shape index (κ3) is 6.38. The van der Waals surface area contributed by atoms with Gasteiger partial charge in [0.05, 0.1) is 0 Å². The Morgan fingerprint density at radius 1 is 1.00 bits per heavy atom. The van der Waals surface area contributed by atoms with Gasteiger partial charge >= 0.3 is 0 Å². The van der Waals surface area contributed by atoms with Gasteiger partial charge in [0.25, 0.3) is 0 Å². The molecule has 0 aliphatic carbocycles. The first-order chi connectivity index (χ1) is 11.1. The first-order valence-electron chi connectivity index (χ1n) is 7.21. The minimum absolute atomic E-state index is 0. The van der Waals surface area contributed by atoms with Crippen LogP contribution in [0.3, 0.4) is 0 Å². The van der Waals surface area contributed by atoms with Gasteiger partial charge in [0.1, 0.15) is 17.5 Å². The number of rotatable bonds is 5. The molecule has 0 bridgehead atoms. The molecule has 130 valence electrons. The van der Waals surface area contributed by atoms with Crippen molar-refractivity contribution in [2.75, 3.05) is 13.6 Å². The predicted molar refractivity (Wildman–Crippen MR) is 100 cm³/mol. The van der Waals surface area contributed by atoms with E-state index < -0.39 is 11.6 Å². The monoisotopic (exact) mass is 449 g/mol. The van der Waals surface area contributed by atoms with Crippen molar-refractivity contribution in [2.24, 2.45) is 4.99 Å². The molecule has 3 nitrogen and oxygen atoms in total. The van der Waals surface area contributed by atoms with Crippen molar-refractivity contribution >= 4 is 29.9 Å². The Bertz CT molecular complexity index is 693. The number of nitrogens with zero attached hydrogens (tertiary/aromatic N) is 1. The van der Waals surface area contributed by atoms with E-state index in [0.717, 1.165) is 17.7 Å². The third-order valence-electron chi connectivity index (χ3n) is 3.27. The van der Waals surface area contributed by atoms with Gasteiger partial charge in [-0.25, -0.2) is 13.2 Å². The Kier molecular flexibility index (Phi) is 8.59. The number of hydrogen-bond donors (Lipinski definition) is 2. The van der Waals surface area contributed by atoms with E-state index >= 15 is 0 Å². The third-order valence-corrected chi connectivity index (χ3v) is 3.27. The summed E-state index contributed by atoms with van der Waals surface area (Å²) in [7, 11) is 1.60. The van der Waals surface area contributed by atoms with Crippen LogP contribution in [0, 0.1) is 17.5 Å². The highest BCUT2D eigenvalue weighted by molar-refractivity contribution is 14.0. The van der Waals surface area contributed by atoms with Gasteiger partial charge in [0.15, 0.2) is 5.96 Å². The van der Waals surface area contributed by atoms with Gasteiger partial charge in [0.2, 0.25) is 0 Å². The van der Waals surface area contributed by atoms with Crippen LogP contribution in [0.4, 0.5) is 13.2 Å². The summed E-state index contributed by atoms with van der Waals surface area (Å²) in [5, 5.41) is 6.04. The fourth-order valence-corrected chi connectivity index (χ4v) is 2.10. The molecule has 0 saturated heterocycles. The molecule has 0 saturated carbocycles. The summed E-state index contributed by atoms with van der Waals surface area (Å²) < 4.78 is 39.7. The molecule has 2 N–H and O–H groups in total. The van der Waals surface area contributed by atoms with Crippen molar-refractivity contribution in [1.29, 1.82) is 0 Å². The largest absolute Gasteiger partial charge is 0.356 e. The van der Waals surface area contributed by atoms with Crippen LogP contribution in [-0.2, 0) is 13.0 Å². The van der Waals surface area contributed by atoms with E-state index in [1.807, 2.05) is 0 Å². The molecular formula is C17H19F3IN3. The van der Waals surface area contributed by atoms with Crippen LogP contribution in [0.2, 0.25) is 0 Å². The summed E-state index contributed by atoms with van der Waals surface area (Å²) in [5.41, 5.74) is 1.09. The summed E-state index contributed by atoms with van der Waals surface area (Å²) in [5.74, 6) is -0.689. The number of hydrogen-bond acceptors (Lipinski definition) is 1. The van der Waals surface area contributed by atoms with Crippen LogP contribution in [0.5, 0.6) is 0 Å². The molecule has 0 fully saturated rings. The summed E-state index contributed by atoms with van der Waals surface area (Å²) in [4.78, 5) is 4.03. The summed E-state index contributed by atoms with van der Waals surface area (Å²) in [6.45, 7) is 0.801. The Labute approximate surface area is 156 Å².